The minimum atomic E-state index is -0.411. The Bertz CT molecular complexity index is 780. The fourth-order valence-corrected chi connectivity index (χ4v) is 1.75. The van der Waals surface area contributed by atoms with Crippen molar-refractivity contribution in [3.63, 3.8) is 0 Å². The minimum Gasteiger partial charge on any atom is -0.289 e. The highest BCUT2D eigenvalue weighted by molar-refractivity contribution is 6.23. The molecule has 20 heavy (non-hydrogen) atoms. The van der Waals surface area contributed by atoms with Crippen LogP contribution >= 0.6 is 0 Å². The molecule has 0 saturated heterocycles. The highest BCUT2D eigenvalue weighted by Gasteiger charge is 2.13. The Morgan fingerprint density at radius 1 is 1.20 bits per heavy atom. The van der Waals surface area contributed by atoms with Crippen molar-refractivity contribution >= 4 is 28.3 Å². The van der Waals surface area contributed by atoms with Crippen molar-refractivity contribution in [3.8, 4) is 0 Å². The highest BCUT2D eigenvalue weighted by atomic mass is 16.1. The lowest BCUT2D eigenvalue weighted by molar-refractivity contribution is -0.111. The molecule has 0 unspecified atom stereocenters. The molecular weight excluding hydrogens is 256 g/mol. The first-order chi connectivity index (χ1) is 9.74. The zero-order valence-electron chi connectivity index (χ0n) is 10.4. The van der Waals surface area contributed by atoms with Crippen LogP contribution in [-0.2, 0) is 4.79 Å². The number of para-hydroxylation sites is 1. The first-order valence-corrected chi connectivity index (χ1v) is 5.84. The predicted molar refractivity (Wildman–Crippen MR) is 73.6 cm³/mol. The van der Waals surface area contributed by atoms with Crippen LogP contribution in [0.5, 0.6) is 0 Å². The summed E-state index contributed by atoms with van der Waals surface area (Å²) in [6.45, 7) is 3.76. The number of carbonyl (C=O) groups excluding carboxylic acids is 1. The van der Waals surface area contributed by atoms with Crippen LogP contribution in [0.25, 0.3) is 16.5 Å². The van der Waals surface area contributed by atoms with E-state index in [-0.39, 0.29) is 11.5 Å². The van der Waals surface area contributed by atoms with E-state index in [1.54, 1.807) is 6.07 Å². The van der Waals surface area contributed by atoms with Gasteiger partial charge in [0.1, 0.15) is 0 Å². The molecule has 3 aromatic rings. The van der Waals surface area contributed by atoms with Crippen LogP contribution in [0.4, 0.5) is 5.95 Å². The molecule has 2 N–H and O–H groups in total. The van der Waals surface area contributed by atoms with Crippen LogP contribution in [-0.4, -0.2) is 31.5 Å². The van der Waals surface area contributed by atoms with Gasteiger partial charge in [0.2, 0.25) is 5.95 Å². The van der Waals surface area contributed by atoms with Crippen LogP contribution in [0.15, 0.2) is 43.0 Å². The van der Waals surface area contributed by atoms with Crippen molar-refractivity contribution < 1.29 is 4.79 Å². The van der Waals surface area contributed by atoms with Gasteiger partial charge in [-0.1, -0.05) is 35.9 Å². The van der Waals surface area contributed by atoms with E-state index in [1.807, 2.05) is 30.3 Å². The molecule has 2 aromatic heterocycles. The first kappa shape index (κ1) is 12.0. The van der Waals surface area contributed by atoms with Gasteiger partial charge in [-0.2, -0.15) is 0 Å². The third-order valence-electron chi connectivity index (χ3n) is 2.76. The van der Waals surface area contributed by atoms with Crippen LogP contribution < -0.4 is 5.32 Å². The lowest BCUT2D eigenvalue weighted by Gasteiger charge is -2.05. The summed E-state index contributed by atoms with van der Waals surface area (Å²) in [5, 5.41) is 16.2. The van der Waals surface area contributed by atoms with Gasteiger partial charge < -0.3 is 0 Å². The van der Waals surface area contributed by atoms with Crippen molar-refractivity contribution in [1.29, 1.82) is 0 Å². The molecule has 0 radical (unpaired) electrons. The summed E-state index contributed by atoms with van der Waals surface area (Å²) in [6.07, 6.45) is 0. The van der Waals surface area contributed by atoms with E-state index >= 15 is 0 Å². The lowest BCUT2D eigenvalue weighted by Crippen LogP contribution is -2.14. The Morgan fingerprint density at radius 2 is 2.05 bits per heavy atom. The average Bonchev–Trinajstić information content (AvgIpc) is 2.99. The summed E-state index contributed by atoms with van der Waals surface area (Å²) < 4.78 is 0. The lowest BCUT2D eigenvalue weighted by atomic mass is 10.1. The maximum absolute atomic E-state index is 12.0. The molecule has 2 heterocycles. The molecule has 1 amide bonds. The normalized spacial score (nSPS) is 10.4. The zero-order chi connectivity index (χ0) is 13.9. The van der Waals surface area contributed by atoms with E-state index in [9.17, 15) is 4.79 Å². The van der Waals surface area contributed by atoms with E-state index in [1.165, 1.54) is 0 Å². The van der Waals surface area contributed by atoms with Gasteiger partial charge >= 0.3 is 0 Å². The average molecular weight is 266 g/mol. The standard InChI is InChI=1S/C13H10N6O/c1-8(12(20)15-13-16-18-19-17-13)10-7-6-9-4-2-3-5-11(9)14-10/h2-7H,1H2,(H2,15,16,17,18,19,20). The van der Waals surface area contributed by atoms with Gasteiger partial charge in [-0.25, -0.2) is 10.1 Å². The molecule has 7 heteroatoms. The molecule has 3 rings (SSSR count). The van der Waals surface area contributed by atoms with Crippen LogP contribution in [0.2, 0.25) is 0 Å². The van der Waals surface area contributed by atoms with Crippen molar-refractivity contribution in [2.75, 3.05) is 5.32 Å². The zero-order valence-corrected chi connectivity index (χ0v) is 10.4. The quantitative estimate of drug-likeness (QED) is 0.698. The maximum atomic E-state index is 12.0. The van der Waals surface area contributed by atoms with E-state index in [0.29, 0.717) is 5.69 Å². The smallest absolute Gasteiger partial charge is 0.259 e. The summed E-state index contributed by atoms with van der Waals surface area (Å²) in [6, 6.07) is 11.3. The number of nitrogens with zero attached hydrogens (tertiary/aromatic N) is 4. The molecule has 0 fully saturated rings. The molecule has 0 aliphatic rings. The maximum Gasteiger partial charge on any atom is 0.259 e. The number of aromatic nitrogens is 5. The van der Waals surface area contributed by atoms with E-state index < -0.39 is 5.91 Å². The summed E-state index contributed by atoms with van der Waals surface area (Å²) >= 11 is 0. The largest absolute Gasteiger partial charge is 0.289 e. The molecule has 0 spiro atoms. The molecule has 0 aliphatic heterocycles. The van der Waals surface area contributed by atoms with Gasteiger partial charge in [0, 0.05) is 5.39 Å². The number of tetrazole rings is 1. The Balaban J connectivity index is 1.86. The summed E-state index contributed by atoms with van der Waals surface area (Å²) in [4.78, 5) is 16.4. The second-order valence-corrected chi connectivity index (χ2v) is 4.07. The second-order valence-electron chi connectivity index (χ2n) is 4.07. The monoisotopic (exact) mass is 266 g/mol. The van der Waals surface area contributed by atoms with Gasteiger partial charge in [-0.3, -0.25) is 10.1 Å². The van der Waals surface area contributed by atoms with E-state index in [4.69, 9.17) is 0 Å². The number of amides is 1. The number of hydrogen-bond acceptors (Lipinski definition) is 5. The number of anilines is 1. The third kappa shape index (κ3) is 2.24. The molecular formula is C13H10N6O. The number of fused-ring (bicyclic) bond motifs is 1. The molecule has 0 saturated carbocycles. The fraction of sp³-hybridized carbons (Fsp3) is 0. The molecule has 0 atom stereocenters. The van der Waals surface area contributed by atoms with Gasteiger partial charge in [0.15, 0.2) is 0 Å². The van der Waals surface area contributed by atoms with Gasteiger partial charge in [-0.05, 0) is 22.6 Å². The molecule has 0 aliphatic carbocycles. The molecule has 7 nitrogen and oxygen atoms in total. The highest BCUT2D eigenvalue weighted by Crippen LogP contribution is 2.17. The van der Waals surface area contributed by atoms with Crippen molar-refractivity contribution in [1.82, 2.24) is 25.6 Å². The summed E-state index contributed by atoms with van der Waals surface area (Å²) in [5.74, 6) is -0.247. The minimum absolute atomic E-state index is 0.164. The number of benzene rings is 1. The van der Waals surface area contributed by atoms with Crippen molar-refractivity contribution in [2.24, 2.45) is 0 Å². The number of hydrogen-bond donors (Lipinski definition) is 2. The third-order valence-corrected chi connectivity index (χ3v) is 2.76. The van der Waals surface area contributed by atoms with Crippen LogP contribution in [0.1, 0.15) is 5.69 Å². The van der Waals surface area contributed by atoms with Crippen molar-refractivity contribution in [3.05, 3.63) is 48.7 Å². The van der Waals surface area contributed by atoms with Crippen molar-refractivity contribution in [2.45, 2.75) is 0 Å². The second kappa shape index (κ2) is 4.88. The SMILES string of the molecule is C=C(C(=O)Nc1nnn[nH]1)c1ccc2ccccc2n1. The topological polar surface area (TPSA) is 96.5 Å². The van der Waals surface area contributed by atoms with Crippen LogP contribution in [0, 0.1) is 0 Å². The molecule has 98 valence electrons. The van der Waals surface area contributed by atoms with E-state index in [2.05, 4.69) is 37.5 Å². The number of carbonyl (C=O) groups is 1. The van der Waals surface area contributed by atoms with Gasteiger partial charge in [0.25, 0.3) is 5.91 Å². The molecule has 0 bridgehead atoms. The Labute approximate surface area is 113 Å². The Morgan fingerprint density at radius 3 is 2.85 bits per heavy atom. The number of H-pyrrole nitrogens is 1. The number of rotatable bonds is 3. The first-order valence-electron chi connectivity index (χ1n) is 5.84. The summed E-state index contributed by atoms with van der Waals surface area (Å²) in [7, 11) is 0. The summed E-state index contributed by atoms with van der Waals surface area (Å²) in [5.41, 5.74) is 1.56. The number of pyridine rings is 1. The Hall–Kier alpha value is -3.09. The Kier molecular flexibility index (Phi) is 2.92. The van der Waals surface area contributed by atoms with Gasteiger partial charge in [0.05, 0.1) is 16.8 Å². The number of nitrogens with one attached hydrogen (secondary N) is 2. The fourth-order valence-electron chi connectivity index (χ4n) is 1.75. The van der Waals surface area contributed by atoms with Gasteiger partial charge in [-0.15, -0.1) is 0 Å². The van der Waals surface area contributed by atoms with E-state index in [0.717, 1.165) is 10.9 Å². The number of aromatic amines is 1. The predicted octanol–water partition coefficient (Wildman–Crippen LogP) is 1.40. The molecule has 1 aromatic carbocycles. The van der Waals surface area contributed by atoms with Crippen LogP contribution in [0.3, 0.4) is 0 Å².